The van der Waals surface area contributed by atoms with Crippen LogP contribution in [0.2, 0.25) is 0 Å². The topological polar surface area (TPSA) is 117 Å². The maximum Gasteiger partial charge on any atom is 0.416 e. The summed E-state index contributed by atoms with van der Waals surface area (Å²) in [7, 11) is 0. The highest BCUT2D eigenvalue weighted by molar-refractivity contribution is 7.98. The van der Waals surface area contributed by atoms with Gasteiger partial charge in [0.25, 0.3) is 11.1 Å². The molecule has 0 radical (unpaired) electrons. The SMILES string of the molecule is [2H]c1c([2H])c(CSc2nc(=O)c3c(n2C([2H])([2H])C(=O)N(CCN(C([2H])([2H])C)C([2H])([2H])C)C([2H])([2H])c2c([2H])c([2H])c(-c4c([2H])c([2H])c(C(F)(F)F)c(C)c4[2H])c([2H])c2[2H])CCC3)c([2H])c([2H])c1F.[2H]c1c([2H])c(CSc2nc(=O)c3c(n2C([2H])([2H])C(=O)N(CCN(C([2H])([2H])C)C([2H])([2H])C)C([2H])([2H])c2ccc(-c4ccc(C(F)(F)F)cc4)cc2)C([2H])([2H])C([2H])(C)C3([2H])[2H])c([2H])c([2H])c1F. The van der Waals surface area contributed by atoms with Crippen LogP contribution in [0.5, 0.6) is 0 Å². The van der Waals surface area contributed by atoms with Crippen molar-refractivity contribution in [3.05, 3.63) is 233 Å². The van der Waals surface area contributed by atoms with Crippen molar-refractivity contribution in [2.45, 2.75) is 134 Å². The smallest absolute Gasteiger partial charge is 0.336 e. The van der Waals surface area contributed by atoms with E-state index < -0.39 is 317 Å². The van der Waals surface area contributed by atoms with Gasteiger partial charge in [0.1, 0.15) is 24.6 Å². The number of fused-ring (bicyclic) bond motifs is 2. The lowest BCUT2D eigenvalue weighted by Crippen LogP contribution is -2.40. The zero-order valence-corrected chi connectivity index (χ0v) is 53.2. The molecule has 0 N–H and O–H groups in total. The van der Waals surface area contributed by atoms with E-state index in [-0.39, 0.29) is 67.8 Å². The molecule has 0 spiro atoms. The summed E-state index contributed by atoms with van der Waals surface area (Å²) < 4.78 is 421. The number of thioether (sulfide) groups is 2. The number of hydrogen-bond donors (Lipinski definition) is 0. The summed E-state index contributed by atoms with van der Waals surface area (Å²) in [6.45, 7) is -23.3. The van der Waals surface area contributed by atoms with E-state index in [9.17, 15) is 55.7 Å². The van der Waals surface area contributed by atoms with Gasteiger partial charge in [-0.1, -0.05) is 155 Å². The number of amides is 2. The lowest BCUT2D eigenvalue weighted by atomic mass is 9.98. The van der Waals surface area contributed by atoms with Crippen LogP contribution in [0.25, 0.3) is 22.3 Å². The Kier molecular flexibility index (Phi) is 13.1. The molecule has 96 heavy (non-hydrogen) atoms. The Morgan fingerprint density at radius 2 is 1.03 bits per heavy atom. The van der Waals surface area contributed by atoms with Gasteiger partial charge < -0.3 is 28.7 Å². The molecule has 6 aromatic carbocycles. The second-order valence-electron chi connectivity index (χ2n) is 20.3. The van der Waals surface area contributed by atoms with Crippen molar-refractivity contribution in [1.29, 1.82) is 0 Å². The van der Waals surface area contributed by atoms with Gasteiger partial charge >= 0.3 is 12.4 Å². The van der Waals surface area contributed by atoms with Crippen LogP contribution in [0.1, 0.15) is 152 Å². The molecule has 1 atom stereocenters. The average Bonchev–Trinajstić information content (AvgIpc) is 1.51. The van der Waals surface area contributed by atoms with Gasteiger partial charge in [-0.05, 0) is 163 Å². The zero-order valence-electron chi connectivity index (χ0n) is 87.5. The number of alkyl halides is 6. The Morgan fingerprint density at radius 3 is 1.52 bits per heavy atom. The molecule has 0 saturated carbocycles. The fraction of sp³-hybridized carbons (Fsp3) is 0.378. The van der Waals surface area contributed by atoms with Crippen molar-refractivity contribution >= 4 is 35.3 Å². The monoisotopic (exact) mass is 1400 g/mol. The molecule has 2 aliphatic carbocycles. The van der Waals surface area contributed by atoms with E-state index in [0.29, 0.717) is 26.1 Å². The first kappa shape index (κ1) is 38.3. The van der Waals surface area contributed by atoms with Gasteiger partial charge in [0.05, 0.1) is 42.7 Å². The largest absolute Gasteiger partial charge is 0.416 e. The quantitative estimate of drug-likeness (QED) is 0.0295. The van der Waals surface area contributed by atoms with Crippen molar-refractivity contribution in [3.63, 3.8) is 0 Å². The highest BCUT2D eigenvalue weighted by atomic mass is 32.2. The third-order valence-electron chi connectivity index (χ3n) is 13.9. The molecule has 2 aliphatic rings. The molecule has 1 unspecified atom stereocenters. The van der Waals surface area contributed by atoms with Gasteiger partial charge in [-0.25, -0.2) is 8.78 Å². The predicted octanol–water partition coefficient (Wildman–Crippen LogP) is 15.0. The van der Waals surface area contributed by atoms with Crippen molar-refractivity contribution < 1.29 is 94.1 Å². The highest BCUT2D eigenvalue weighted by Crippen LogP contribution is 2.36. The number of rotatable bonds is 26. The number of halogens is 8. The maximum atomic E-state index is 15.0. The Bertz CT molecular complexity index is 5900. The van der Waals surface area contributed by atoms with E-state index in [1.807, 2.05) is 0 Å². The third-order valence-corrected chi connectivity index (χ3v) is 15.9. The number of aromatic nitrogens is 4. The van der Waals surface area contributed by atoms with E-state index in [2.05, 4.69) is 9.97 Å². The van der Waals surface area contributed by atoms with Crippen molar-refractivity contribution in [1.82, 2.24) is 38.7 Å². The van der Waals surface area contributed by atoms with E-state index in [4.69, 9.17) is 38.4 Å². The van der Waals surface area contributed by atoms with E-state index in [1.165, 1.54) is 12.1 Å². The fourth-order valence-corrected chi connectivity index (χ4v) is 10.9. The lowest BCUT2D eigenvalue weighted by molar-refractivity contribution is -0.138. The zero-order chi connectivity index (χ0) is 101. The number of benzene rings is 6. The Morgan fingerprint density at radius 1 is 0.573 bits per heavy atom. The molecular formula is C74H80F8N8O4S2. The average molecular weight is 1400 g/mol. The van der Waals surface area contributed by atoms with Crippen molar-refractivity contribution in [2.75, 3.05) is 52.2 Å². The Hall–Kier alpha value is -7.92. The number of hydrogen-bond acceptors (Lipinski definition) is 10. The molecule has 2 heterocycles. The van der Waals surface area contributed by atoms with Gasteiger partial charge in [0, 0.05) is 91.0 Å². The fourth-order valence-electron chi connectivity index (χ4n) is 9.21. The molecule has 10 rings (SSSR count). The Balaban J connectivity index is 0.000000297. The summed E-state index contributed by atoms with van der Waals surface area (Å²) in [5, 5.41) is -1.60. The molecule has 12 nitrogen and oxygen atoms in total. The van der Waals surface area contributed by atoms with E-state index in [0.717, 1.165) is 77.9 Å². The van der Waals surface area contributed by atoms with E-state index in [1.54, 1.807) is 0 Å². The van der Waals surface area contributed by atoms with Gasteiger partial charge in [0.2, 0.25) is 11.8 Å². The molecule has 22 heteroatoms. The van der Waals surface area contributed by atoms with Gasteiger partial charge in [-0.3, -0.25) is 19.2 Å². The molecular weight excluding hydrogens is 1280 g/mol. The minimum absolute atomic E-state index is 0.0265. The van der Waals surface area contributed by atoms with Crippen LogP contribution < -0.4 is 11.1 Å². The second-order valence-corrected chi connectivity index (χ2v) is 22.2. The third kappa shape index (κ3) is 19.0. The molecule has 8 aromatic rings. The summed E-state index contributed by atoms with van der Waals surface area (Å²) in [6, 6.07) is -8.16. The molecule has 0 bridgehead atoms. The normalized spacial score (nSPS) is 22.0. The molecule has 508 valence electrons. The lowest BCUT2D eigenvalue weighted by Gasteiger charge is -2.28. The molecule has 2 amide bonds. The number of likely N-dealkylation sites (N-methyl/N-ethyl adjacent to an activating group) is 2. The summed E-state index contributed by atoms with van der Waals surface area (Å²) in [6.07, 6.45) is -16.3. The first-order chi connectivity index (χ1) is 59.8. The number of carbonyl (C=O) groups is 2. The summed E-state index contributed by atoms with van der Waals surface area (Å²) >= 11 is 0.644. The predicted molar refractivity (Wildman–Crippen MR) is 362 cm³/mol. The van der Waals surface area contributed by atoms with Gasteiger partial charge in [0.15, 0.2) is 10.3 Å². The molecule has 0 aliphatic heterocycles. The van der Waals surface area contributed by atoms with Gasteiger partial charge in [-0.2, -0.15) is 36.3 Å². The summed E-state index contributed by atoms with van der Waals surface area (Å²) in [4.78, 5) is 66.1. The van der Waals surface area contributed by atoms with Crippen LogP contribution >= 0.6 is 23.5 Å². The minimum Gasteiger partial charge on any atom is -0.336 e. The van der Waals surface area contributed by atoms with Crippen LogP contribution in [0.3, 0.4) is 0 Å². The second kappa shape index (κ2) is 32.9. The number of nitrogens with zero attached hydrogens (tertiary/aromatic N) is 8. The van der Waals surface area contributed by atoms with Crippen LogP contribution in [0.15, 0.2) is 159 Å². The standard InChI is InChI=1S/2C37H40F4N4O2S/c1-4-43(5-2)18-19-44(22-26-6-10-28(11-7-26)29-12-14-30(15-13-29)37(39,40)41)34(46)23-45-33-21-25(3)20-32(33)35(47)42-36(45)48-24-27-8-16-31(38)17-9-27;1-4-43(5-2)19-20-44(22-26-9-13-28(14-10-26)29-15-18-32(25(3)21-29)37(39,40)41)34(46)23-45-33-8-6-7-31(33)35(47)42-36(45)48-24-27-11-16-30(38)17-12-27/h6-17,25H,4-5,18-24H2,1-3H3;9-18,21H,4-8,19-20,22-24H2,1-3H3/i4D2,5D2,8D,9D,16D,17D,20D2,21D2,22D2,23D2,25D;4D2,5D2,9D,10D,11D,12D,13D,14D,15D,16D,17D,18D,21D,22D2,23D2. The first-order valence-electron chi connectivity index (χ1n) is 46.7. The maximum absolute atomic E-state index is 15.0. The van der Waals surface area contributed by atoms with Crippen LogP contribution in [0.4, 0.5) is 35.1 Å². The number of carbonyl (C=O) groups excluding carboxylic acids is 2. The first-order valence-corrected chi connectivity index (χ1v) is 30.6. The molecule has 2 aromatic heterocycles. The van der Waals surface area contributed by atoms with Crippen molar-refractivity contribution in [3.8, 4) is 22.3 Å². The van der Waals surface area contributed by atoms with Gasteiger partial charge in [-0.15, -0.1) is 0 Å². The highest BCUT2D eigenvalue weighted by Gasteiger charge is 2.34. The Labute approximate surface area is 614 Å². The van der Waals surface area contributed by atoms with Crippen LogP contribution in [-0.4, -0.2) is 103 Å². The van der Waals surface area contributed by atoms with Crippen LogP contribution in [0, 0.1) is 24.5 Å². The summed E-state index contributed by atoms with van der Waals surface area (Å²) in [5.41, 5.74) is -12.6. The molecule has 0 saturated heterocycles. The molecule has 0 fully saturated rings. The van der Waals surface area contributed by atoms with Crippen molar-refractivity contribution in [2.24, 2.45) is 5.89 Å². The van der Waals surface area contributed by atoms with Crippen LogP contribution in [-0.2, 0) is 85.0 Å². The summed E-state index contributed by atoms with van der Waals surface area (Å²) in [5.74, 6) is -11.2. The minimum atomic E-state index is -5.23. The van der Waals surface area contributed by atoms with E-state index >= 15 is 9.59 Å².